The lowest BCUT2D eigenvalue weighted by atomic mass is 10.0. The van der Waals surface area contributed by atoms with E-state index in [2.05, 4.69) is 5.09 Å². The third-order valence-corrected chi connectivity index (χ3v) is 6.36. The van der Waals surface area contributed by atoms with Crippen molar-refractivity contribution >= 4 is 13.7 Å². The van der Waals surface area contributed by atoms with E-state index in [4.69, 9.17) is 23.3 Å². The smallest absolute Gasteiger partial charge is 0.459 e. The Balaban J connectivity index is 2.13. The predicted molar refractivity (Wildman–Crippen MR) is 115 cm³/mol. The Kier molecular flexibility index (Phi) is 9.93. The van der Waals surface area contributed by atoms with E-state index in [-0.39, 0.29) is 12.7 Å². The van der Waals surface area contributed by atoms with E-state index in [0.717, 1.165) is 6.42 Å². The molecule has 6 atom stereocenters. The highest BCUT2D eigenvalue weighted by molar-refractivity contribution is 7.52. The van der Waals surface area contributed by atoms with E-state index in [9.17, 15) is 14.5 Å². The lowest BCUT2D eigenvalue weighted by molar-refractivity contribution is -0.149. The van der Waals surface area contributed by atoms with E-state index in [0.29, 0.717) is 12.2 Å². The van der Waals surface area contributed by atoms with Gasteiger partial charge in [0.15, 0.2) is 0 Å². The van der Waals surface area contributed by atoms with Crippen LogP contribution < -0.4 is 9.61 Å². The Morgan fingerprint density at radius 3 is 2.48 bits per heavy atom. The zero-order valence-electron chi connectivity index (χ0n) is 18.7. The Morgan fingerprint density at radius 2 is 1.90 bits per heavy atom. The summed E-state index contributed by atoms with van der Waals surface area (Å²) in [7, 11) is -2.53. The van der Waals surface area contributed by atoms with Crippen LogP contribution in [0.1, 0.15) is 40.5 Å². The molecule has 0 amide bonds. The van der Waals surface area contributed by atoms with Crippen molar-refractivity contribution in [2.24, 2.45) is 0 Å². The number of hydrogen-bond donors (Lipinski definition) is 2. The number of hydrogen-bond acceptors (Lipinski definition) is 8. The molecular weight excluding hydrogens is 425 g/mol. The second-order valence-corrected chi connectivity index (χ2v) is 9.42. The minimum absolute atomic E-state index is 0.168. The fourth-order valence-electron chi connectivity index (χ4n) is 3.27. The van der Waals surface area contributed by atoms with Crippen molar-refractivity contribution in [3.63, 3.8) is 0 Å². The maximum atomic E-state index is 13.5. The first-order chi connectivity index (χ1) is 14.7. The molecule has 9 nitrogen and oxygen atoms in total. The number of ether oxygens (including phenoxy) is 3. The van der Waals surface area contributed by atoms with Crippen LogP contribution in [0.4, 0.5) is 0 Å². The van der Waals surface area contributed by atoms with Crippen LogP contribution in [-0.4, -0.2) is 61.4 Å². The number of para-hydroxylation sites is 1. The Labute approximate surface area is 183 Å². The molecule has 0 bridgehead atoms. The summed E-state index contributed by atoms with van der Waals surface area (Å²) >= 11 is 0. The van der Waals surface area contributed by atoms with E-state index in [1.807, 2.05) is 6.92 Å². The lowest BCUT2D eigenvalue weighted by Crippen LogP contribution is -2.38. The van der Waals surface area contributed by atoms with Gasteiger partial charge in [-0.1, -0.05) is 31.5 Å². The molecule has 1 heterocycles. The van der Waals surface area contributed by atoms with Gasteiger partial charge in [0.05, 0.1) is 18.8 Å². The highest BCUT2D eigenvalue weighted by atomic mass is 31.2. The number of nitrogens with one attached hydrogen (secondary N) is 1. The monoisotopic (exact) mass is 459 g/mol. The van der Waals surface area contributed by atoms with Crippen molar-refractivity contribution in [3.8, 4) is 5.75 Å². The normalized spacial score (nSPS) is 26.4. The zero-order chi connectivity index (χ0) is 23.0. The number of benzene rings is 1. The number of rotatable bonds is 12. The minimum atomic E-state index is -4.01. The molecule has 10 heteroatoms. The number of carbonyl (C=O) groups is 1. The van der Waals surface area contributed by atoms with Crippen molar-refractivity contribution in [2.75, 3.05) is 13.7 Å². The quantitative estimate of drug-likeness (QED) is 0.360. The molecule has 1 saturated heterocycles. The largest absolute Gasteiger partial charge is 0.462 e. The van der Waals surface area contributed by atoms with E-state index in [1.54, 1.807) is 44.2 Å². The van der Waals surface area contributed by atoms with Crippen molar-refractivity contribution in [3.05, 3.63) is 30.3 Å². The van der Waals surface area contributed by atoms with Crippen molar-refractivity contribution in [1.82, 2.24) is 5.09 Å². The van der Waals surface area contributed by atoms with Gasteiger partial charge in [0, 0.05) is 7.11 Å². The highest BCUT2D eigenvalue weighted by Crippen LogP contribution is 2.45. The summed E-state index contributed by atoms with van der Waals surface area (Å²) in [4.78, 5) is 12.2. The first kappa shape index (κ1) is 25.8. The van der Waals surface area contributed by atoms with Crippen LogP contribution in [0.25, 0.3) is 0 Å². The molecule has 31 heavy (non-hydrogen) atoms. The van der Waals surface area contributed by atoms with Gasteiger partial charge in [0.2, 0.25) is 0 Å². The summed E-state index contributed by atoms with van der Waals surface area (Å²) in [5.74, 6) is -0.275. The minimum Gasteiger partial charge on any atom is -0.462 e. The van der Waals surface area contributed by atoms with Crippen LogP contribution in [0.3, 0.4) is 0 Å². The summed E-state index contributed by atoms with van der Waals surface area (Å²) in [6.45, 7) is 6.78. The van der Waals surface area contributed by atoms with E-state index in [1.165, 1.54) is 14.0 Å². The van der Waals surface area contributed by atoms with Crippen LogP contribution in [0.15, 0.2) is 30.3 Å². The second kappa shape index (κ2) is 11.9. The fourth-order valence-corrected chi connectivity index (χ4v) is 4.77. The standard InChI is InChI=1S/C21H34NO8P/c1-6-10-17-19(23)20(26-5)18(29-17)13-27-31(25,30-16-11-8-7-9-12-16)22-15(4)21(24)28-14(2)3/h7-9,11-12,14-15,17-20,23H,6,10,13H2,1-5H3,(H,22,25)/t15-,17-,18+,19?,20-,31?/m0/s1. The molecule has 1 aliphatic rings. The van der Waals surface area contributed by atoms with Gasteiger partial charge >= 0.3 is 13.7 Å². The number of esters is 1. The SMILES string of the molecule is CCC[C@@H]1O[C@H](COP(=O)(N[C@@H](C)C(=O)OC(C)C)Oc2ccccc2)[C@H](OC)C1O. The summed E-state index contributed by atoms with van der Waals surface area (Å²) < 4.78 is 41.2. The molecule has 2 rings (SSSR count). The van der Waals surface area contributed by atoms with Gasteiger partial charge in [-0.25, -0.2) is 4.57 Å². The van der Waals surface area contributed by atoms with Crippen molar-refractivity contribution in [1.29, 1.82) is 0 Å². The molecule has 0 radical (unpaired) electrons. The van der Waals surface area contributed by atoms with Gasteiger partial charge in [0.25, 0.3) is 0 Å². The van der Waals surface area contributed by atoms with Crippen LogP contribution in [0.5, 0.6) is 5.75 Å². The predicted octanol–water partition coefficient (Wildman–Crippen LogP) is 3.06. The van der Waals surface area contributed by atoms with Crippen LogP contribution in [-0.2, 0) is 28.1 Å². The maximum absolute atomic E-state index is 13.5. The topological polar surface area (TPSA) is 113 Å². The molecule has 2 N–H and O–H groups in total. The summed E-state index contributed by atoms with van der Waals surface area (Å²) in [5.41, 5.74) is 0. The van der Waals surface area contributed by atoms with Crippen LogP contribution in [0.2, 0.25) is 0 Å². The average Bonchev–Trinajstić information content (AvgIpc) is 3.01. The lowest BCUT2D eigenvalue weighted by Gasteiger charge is -2.25. The van der Waals surface area contributed by atoms with Crippen LogP contribution >= 0.6 is 7.75 Å². The van der Waals surface area contributed by atoms with Gasteiger partial charge in [-0.2, -0.15) is 5.09 Å². The Bertz CT molecular complexity index is 731. The van der Waals surface area contributed by atoms with E-state index < -0.39 is 44.2 Å². The number of methoxy groups -OCH3 is 1. The number of aliphatic hydroxyl groups excluding tert-OH is 1. The summed E-state index contributed by atoms with van der Waals surface area (Å²) in [6, 6.07) is 7.54. The van der Waals surface area contributed by atoms with Crippen LogP contribution in [0, 0.1) is 0 Å². The summed E-state index contributed by atoms with van der Waals surface area (Å²) in [5, 5.41) is 13.1. The molecular formula is C21H34NO8P. The molecule has 176 valence electrons. The highest BCUT2D eigenvalue weighted by Gasteiger charge is 2.45. The molecule has 1 aromatic carbocycles. The van der Waals surface area contributed by atoms with Crippen molar-refractivity contribution < 1.29 is 37.7 Å². The molecule has 2 unspecified atom stereocenters. The van der Waals surface area contributed by atoms with Crippen molar-refractivity contribution in [2.45, 2.75) is 77.1 Å². The second-order valence-electron chi connectivity index (χ2n) is 7.73. The van der Waals surface area contributed by atoms with E-state index >= 15 is 0 Å². The maximum Gasteiger partial charge on any atom is 0.459 e. The fraction of sp³-hybridized carbons (Fsp3) is 0.667. The van der Waals surface area contributed by atoms with Gasteiger partial charge < -0.3 is 23.8 Å². The van der Waals surface area contributed by atoms with Gasteiger partial charge in [-0.05, 0) is 39.3 Å². The molecule has 1 aromatic rings. The molecule has 0 spiro atoms. The first-order valence-corrected chi connectivity index (χ1v) is 12.1. The molecule has 1 fully saturated rings. The van der Waals surface area contributed by atoms with Gasteiger partial charge in [-0.15, -0.1) is 0 Å². The van der Waals surface area contributed by atoms with Gasteiger partial charge in [-0.3, -0.25) is 9.32 Å². The molecule has 0 aliphatic carbocycles. The third kappa shape index (κ3) is 7.56. The third-order valence-electron chi connectivity index (χ3n) is 4.71. The number of carbonyl (C=O) groups excluding carboxylic acids is 1. The Hall–Kier alpha value is -1.48. The average molecular weight is 459 g/mol. The Morgan fingerprint density at radius 1 is 1.23 bits per heavy atom. The summed E-state index contributed by atoms with van der Waals surface area (Å²) in [6.07, 6.45) is -1.33. The zero-order valence-corrected chi connectivity index (χ0v) is 19.6. The molecule has 0 aromatic heterocycles. The first-order valence-electron chi connectivity index (χ1n) is 10.5. The molecule has 1 aliphatic heterocycles. The molecule has 0 saturated carbocycles. The number of aliphatic hydroxyl groups is 1. The van der Waals surface area contributed by atoms with Gasteiger partial charge in [0.1, 0.15) is 30.1 Å².